The Hall–Kier alpha value is -2.42. The van der Waals surface area contributed by atoms with Gasteiger partial charge in [0, 0.05) is 24.9 Å². The molecule has 0 N–H and O–H groups in total. The van der Waals surface area contributed by atoms with Gasteiger partial charge in [-0.2, -0.15) is 0 Å². The molecule has 0 radical (unpaired) electrons. The molecule has 1 saturated heterocycles. The number of aryl methyl sites for hydroxylation is 2. The maximum Gasteiger partial charge on any atom is 0.254 e. The lowest BCUT2D eigenvalue weighted by Gasteiger charge is -2.39. The average Bonchev–Trinajstić information content (AvgIpc) is 2.54. The van der Waals surface area contributed by atoms with Crippen molar-refractivity contribution in [1.29, 1.82) is 0 Å². The van der Waals surface area contributed by atoms with Gasteiger partial charge in [0.1, 0.15) is 0 Å². The minimum atomic E-state index is 0.145. The van der Waals surface area contributed by atoms with E-state index in [9.17, 15) is 4.79 Å². The van der Waals surface area contributed by atoms with E-state index in [-0.39, 0.29) is 5.91 Å². The van der Waals surface area contributed by atoms with Crippen molar-refractivity contribution in [3.63, 3.8) is 0 Å². The van der Waals surface area contributed by atoms with Gasteiger partial charge in [0.25, 0.3) is 5.91 Å². The predicted octanol–water partition coefficient (Wildman–Crippen LogP) is 4.34. The number of hydrogen-bond acceptors (Lipinski definition) is 2. The van der Waals surface area contributed by atoms with E-state index in [1.165, 1.54) is 5.56 Å². The molecule has 24 heavy (non-hydrogen) atoms. The zero-order chi connectivity index (χ0) is 17.1. The van der Waals surface area contributed by atoms with Crippen LogP contribution in [0.15, 0.2) is 47.5 Å². The van der Waals surface area contributed by atoms with E-state index < -0.39 is 0 Å². The van der Waals surface area contributed by atoms with Crippen LogP contribution in [0.4, 0.5) is 5.69 Å². The first-order valence-corrected chi connectivity index (χ1v) is 8.51. The third-order valence-corrected chi connectivity index (χ3v) is 4.65. The van der Waals surface area contributed by atoms with E-state index in [2.05, 4.69) is 29.3 Å². The Labute approximate surface area is 144 Å². The summed E-state index contributed by atoms with van der Waals surface area (Å²) in [7, 11) is 0. The van der Waals surface area contributed by atoms with Crippen molar-refractivity contribution in [1.82, 2.24) is 4.90 Å². The van der Waals surface area contributed by atoms with E-state index in [1.54, 1.807) is 6.21 Å². The van der Waals surface area contributed by atoms with Gasteiger partial charge < -0.3 is 4.90 Å². The van der Waals surface area contributed by atoms with E-state index in [1.807, 2.05) is 43.9 Å². The van der Waals surface area contributed by atoms with Gasteiger partial charge in [0.2, 0.25) is 0 Å². The highest BCUT2D eigenvalue weighted by Crippen LogP contribution is 2.27. The van der Waals surface area contributed by atoms with Gasteiger partial charge in [0.05, 0.1) is 5.69 Å². The quantitative estimate of drug-likeness (QED) is 0.771. The Morgan fingerprint density at radius 2 is 1.88 bits per heavy atom. The fraction of sp³-hybridized carbons (Fsp3) is 0.333. The second-order valence-electron chi connectivity index (χ2n) is 6.61. The van der Waals surface area contributed by atoms with Crippen molar-refractivity contribution < 1.29 is 4.79 Å². The lowest BCUT2D eigenvalue weighted by molar-refractivity contribution is 0.0500. The monoisotopic (exact) mass is 320 g/mol. The standard InChI is InChI=1S/C21H24N2O/c1-4-22-20-11-15(2)19(10-16(20)3)21(24)23-13-18(14-23)12-17-8-6-5-7-9-17/h4-11,18H,12-14H2,1-3H3/b22-4+. The first kappa shape index (κ1) is 16.4. The Balaban J connectivity index is 1.65. The van der Waals surface area contributed by atoms with Crippen molar-refractivity contribution in [2.75, 3.05) is 13.1 Å². The fourth-order valence-corrected chi connectivity index (χ4v) is 3.29. The normalized spacial score (nSPS) is 14.9. The molecule has 0 saturated carbocycles. The van der Waals surface area contributed by atoms with Crippen molar-refractivity contribution >= 4 is 17.8 Å². The minimum absolute atomic E-state index is 0.145. The van der Waals surface area contributed by atoms with Crippen LogP contribution in [0, 0.1) is 19.8 Å². The van der Waals surface area contributed by atoms with Crippen molar-refractivity contribution in [2.24, 2.45) is 10.9 Å². The van der Waals surface area contributed by atoms with E-state index in [0.717, 1.165) is 41.9 Å². The van der Waals surface area contributed by atoms with Crippen LogP contribution < -0.4 is 0 Å². The summed E-state index contributed by atoms with van der Waals surface area (Å²) in [6.07, 6.45) is 2.83. The summed E-state index contributed by atoms with van der Waals surface area (Å²) in [5.74, 6) is 0.716. The number of likely N-dealkylation sites (tertiary alicyclic amines) is 1. The lowest BCUT2D eigenvalue weighted by Crippen LogP contribution is -2.50. The number of hydrogen-bond donors (Lipinski definition) is 0. The number of nitrogens with zero attached hydrogens (tertiary/aromatic N) is 2. The maximum atomic E-state index is 12.8. The van der Waals surface area contributed by atoms with E-state index in [0.29, 0.717) is 5.92 Å². The van der Waals surface area contributed by atoms with Gasteiger partial charge in [-0.1, -0.05) is 30.3 Å². The average molecular weight is 320 g/mol. The molecule has 0 atom stereocenters. The fourth-order valence-electron chi connectivity index (χ4n) is 3.29. The molecule has 1 fully saturated rings. The van der Waals surface area contributed by atoms with Gasteiger partial charge >= 0.3 is 0 Å². The summed E-state index contributed by atoms with van der Waals surface area (Å²) >= 11 is 0. The van der Waals surface area contributed by atoms with E-state index in [4.69, 9.17) is 0 Å². The molecule has 1 amide bonds. The molecular formula is C21H24N2O. The first-order chi connectivity index (χ1) is 11.6. The van der Waals surface area contributed by atoms with Gasteiger partial charge in [0.15, 0.2) is 0 Å². The Morgan fingerprint density at radius 3 is 2.54 bits per heavy atom. The smallest absolute Gasteiger partial charge is 0.254 e. The Bertz CT molecular complexity index is 759. The first-order valence-electron chi connectivity index (χ1n) is 8.51. The van der Waals surface area contributed by atoms with Crippen LogP contribution in [0.2, 0.25) is 0 Å². The van der Waals surface area contributed by atoms with Crippen molar-refractivity contribution in [2.45, 2.75) is 27.2 Å². The van der Waals surface area contributed by atoms with Crippen LogP contribution in [-0.4, -0.2) is 30.1 Å². The summed E-state index contributed by atoms with van der Waals surface area (Å²) in [6.45, 7) is 7.60. The number of amides is 1. The molecule has 3 rings (SSSR count). The van der Waals surface area contributed by atoms with Gasteiger partial charge in [-0.05, 0) is 61.9 Å². The molecule has 0 spiro atoms. The van der Waals surface area contributed by atoms with E-state index >= 15 is 0 Å². The van der Waals surface area contributed by atoms with Crippen molar-refractivity contribution in [3.05, 3.63) is 64.7 Å². The number of rotatable bonds is 4. The van der Waals surface area contributed by atoms with Gasteiger partial charge in [-0.15, -0.1) is 0 Å². The molecule has 1 aliphatic heterocycles. The Morgan fingerprint density at radius 1 is 1.17 bits per heavy atom. The second kappa shape index (κ2) is 7.00. The molecule has 0 unspecified atom stereocenters. The SMILES string of the molecule is C/C=N/c1cc(C)c(C(=O)N2CC(Cc3ccccc3)C2)cc1C. The number of aliphatic imine (C=N–C) groups is 1. The van der Waals surface area contributed by atoms with Crippen LogP contribution in [0.25, 0.3) is 0 Å². The summed E-state index contributed by atoms with van der Waals surface area (Å²) < 4.78 is 0. The molecule has 0 aliphatic carbocycles. The number of benzene rings is 2. The van der Waals surface area contributed by atoms with Crippen LogP contribution in [0.1, 0.15) is 34.0 Å². The summed E-state index contributed by atoms with van der Waals surface area (Å²) in [4.78, 5) is 19.1. The minimum Gasteiger partial charge on any atom is -0.338 e. The second-order valence-corrected chi connectivity index (χ2v) is 6.61. The highest BCUT2D eigenvalue weighted by Gasteiger charge is 2.31. The third-order valence-electron chi connectivity index (χ3n) is 4.65. The zero-order valence-electron chi connectivity index (χ0n) is 14.6. The number of carbonyl (C=O) groups is 1. The van der Waals surface area contributed by atoms with Gasteiger partial charge in [-0.3, -0.25) is 9.79 Å². The van der Waals surface area contributed by atoms with Crippen LogP contribution in [0.3, 0.4) is 0 Å². The van der Waals surface area contributed by atoms with Crippen LogP contribution >= 0.6 is 0 Å². The molecular weight excluding hydrogens is 296 g/mol. The topological polar surface area (TPSA) is 32.7 Å². The predicted molar refractivity (Wildman–Crippen MR) is 99.3 cm³/mol. The number of carbonyl (C=O) groups excluding carboxylic acids is 1. The highest BCUT2D eigenvalue weighted by atomic mass is 16.2. The third kappa shape index (κ3) is 3.40. The largest absolute Gasteiger partial charge is 0.338 e. The zero-order valence-corrected chi connectivity index (χ0v) is 14.6. The summed E-state index contributed by atoms with van der Waals surface area (Å²) in [5, 5.41) is 0. The maximum absolute atomic E-state index is 12.8. The van der Waals surface area contributed by atoms with Gasteiger partial charge in [-0.25, -0.2) is 0 Å². The van der Waals surface area contributed by atoms with Crippen LogP contribution in [-0.2, 0) is 6.42 Å². The Kier molecular flexibility index (Phi) is 4.79. The molecule has 3 heteroatoms. The van der Waals surface area contributed by atoms with Crippen molar-refractivity contribution in [3.8, 4) is 0 Å². The molecule has 3 nitrogen and oxygen atoms in total. The lowest BCUT2D eigenvalue weighted by atomic mass is 9.91. The molecule has 1 aliphatic rings. The molecule has 1 heterocycles. The summed E-state index contributed by atoms with van der Waals surface area (Å²) in [5.41, 5.74) is 5.14. The molecule has 2 aromatic rings. The summed E-state index contributed by atoms with van der Waals surface area (Å²) in [6, 6.07) is 14.5. The highest BCUT2D eigenvalue weighted by molar-refractivity contribution is 5.97. The molecule has 2 aromatic carbocycles. The van der Waals surface area contributed by atoms with Crippen LogP contribution in [0.5, 0.6) is 0 Å². The molecule has 124 valence electrons. The molecule has 0 bridgehead atoms. The molecule has 0 aromatic heterocycles.